The Morgan fingerprint density at radius 2 is 1.64 bits per heavy atom. The third-order valence-electron chi connectivity index (χ3n) is 2.72. The van der Waals surface area contributed by atoms with Crippen LogP contribution in [0.15, 0.2) is 0 Å². The maximum absolute atomic E-state index is 3.51. The van der Waals surface area contributed by atoms with E-state index in [1.165, 1.54) is 51.7 Å². The SMILES string of the molecule is CCC(C)CNCCCCCCNC. The molecule has 0 aromatic heterocycles. The van der Waals surface area contributed by atoms with Gasteiger partial charge in [-0.25, -0.2) is 0 Å². The van der Waals surface area contributed by atoms with Crippen LogP contribution in [0.5, 0.6) is 0 Å². The monoisotopic (exact) mass is 200 g/mol. The molecule has 0 aromatic rings. The van der Waals surface area contributed by atoms with Crippen molar-refractivity contribution in [1.82, 2.24) is 10.6 Å². The molecule has 2 nitrogen and oxygen atoms in total. The van der Waals surface area contributed by atoms with E-state index in [1.54, 1.807) is 0 Å². The topological polar surface area (TPSA) is 24.1 Å². The van der Waals surface area contributed by atoms with Crippen molar-refractivity contribution >= 4 is 0 Å². The zero-order valence-electron chi connectivity index (χ0n) is 10.2. The highest BCUT2D eigenvalue weighted by Gasteiger charge is 1.96. The Morgan fingerprint density at radius 1 is 1.00 bits per heavy atom. The highest BCUT2D eigenvalue weighted by Crippen LogP contribution is 1.99. The highest BCUT2D eigenvalue weighted by molar-refractivity contribution is 4.55. The summed E-state index contributed by atoms with van der Waals surface area (Å²) in [6.07, 6.45) is 6.68. The fourth-order valence-corrected chi connectivity index (χ4v) is 1.40. The van der Waals surface area contributed by atoms with Gasteiger partial charge in [-0.15, -0.1) is 0 Å². The molecule has 0 radical (unpaired) electrons. The molecular weight excluding hydrogens is 172 g/mol. The number of unbranched alkanes of at least 4 members (excludes halogenated alkanes) is 3. The lowest BCUT2D eigenvalue weighted by atomic mass is 10.1. The van der Waals surface area contributed by atoms with Crippen molar-refractivity contribution in [3.63, 3.8) is 0 Å². The highest BCUT2D eigenvalue weighted by atomic mass is 14.8. The minimum atomic E-state index is 0.833. The minimum Gasteiger partial charge on any atom is -0.320 e. The van der Waals surface area contributed by atoms with Gasteiger partial charge in [0.05, 0.1) is 0 Å². The molecule has 0 bridgehead atoms. The van der Waals surface area contributed by atoms with Crippen molar-refractivity contribution in [3.05, 3.63) is 0 Å². The Hall–Kier alpha value is -0.0800. The Kier molecular flexibility index (Phi) is 10.9. The van der Waals surface area contributed by atoms with E-state index < -0.39 is 0 Å². The molecule has 0 rings (SSSR count). The van der Waals surface area contributed by atoms with Crippen LogP contribution in [0.3, 0.4) is 0 Å². The fraction of sp³-hybridized carbons (Fsp3) is 1.00. The fourth-order valence-electron chi connectivity index (χ4n) is 1.40. The van der Waals surface area contributed by atoms with Crippen LogP contribution < -0.4 is 10.6 Å². The van der Waals surface area contributed by atoms with Gasteiger partial charge in [0.1, 0.15) is 0 Å². The van der Waals surface area contributed by atoms with E-state index in [2.05, 4.69) is 24.5 Å². The molecule has 2 N–H and O–H groups in total. The Morgan fingerprint density at radius 3 is 2.21 bits per heavy atom. The van der Waals surface area contributed by atoms with Crippen LogP contribution in [0.2, 0.25) is 0 Å². The van der Waals surface area contributed by atoms with Gasteiger partial charge < -0.3 is 10.6 Å². The van der Waals surface area contributed by atoms with E-state index in [-0.39, 0.29) is 0 Å². The van der Waals surface area contributed by atoms with Crippen LogP contribution in [0.1, 0.15) is 46.0 Å². The van der Waals surface area contributed by atoms with Gasteiger partial charge in [-0.2, -0.15) is 0 Å². The summed E-state index contributed by atoms with van der Waals surface area (Å²) in [6.45, 7) is 8.11. The van der Waals surface area contributed by atoms with E-state index in [4.69, 9.17) is 0 Å². The molecule has 0 aliphatic rings. The minimum absolute atomic E-state index is 0.833. The Labute approximate surface area is 89.9 Å². The standard InChI is InChI=1S/C12H28N2/c1-4-12(2)11-14-10-8-6-5-7-9-13-3/h12-14H,4-11H2,1-3H3. The molecule has 0 fully saturated rings. The van der Waals surface area contributed by atoms with Gasteiger partial charge >= 0.3 is 0 Å². The summed E-state index contributed by atoms with van der Waals surface area (Å²) in [5, 5.41) is 6.69. The molecule has 2 heteroatoms. The molecule has 0 heterocycles. The Bertz CT molecular complexity index is 104. The van der Waals surface area contributed by atoms with Crippen LogP contribution in [0, 0.1) is 5.92 Å². The van der Waals surface area contributed by atoms with E-state index in [1.807, 2.05) is 7.05 Å². The smallest absolute Gasteiger partial charge is 0.00233 e. The lowest BCUT2D eigenvalue weighted by molar-refractivity contribution is 0.487. The summed E-state index contributed by atoms with van der Waals surface area (Å²) < 4.78 is 0. The van der Waals surface area contributed by atoms with E-state index in [9.17, 15) is 0 Å². The zero-order chi connectivity index (χ0) is 10.6. The molecule has 0 saturated heterocycles. The molecule has 0 spiro atoms. The molecule has 1 unspecified atom stereocenters. The van der Waals surface area contributed by atoms with Crippen molar-refractivity contribution in [3.8, 4) is 0 Å². The first kappa shape index (κ1) is 13.9. The number of hydrogen-bond donors (Lipinski definition) is 2. The average molecular weight is 200 g/mol. The quantitative estimate of drug-likeness (QED) is 0.529. The van der Waals surface area contributed by atoms with Gasteiger partial charge in [0.15, 0.2) is 0 Å². The molecule has 0 aromatic carbocycles. The molecule has 0 aliphatic carbocycles. The number of hydrogen-bond acceptors (Lipinski definition) is 2. The summed E-state index contributed by atoms with van der Waals surface area (Å²) >= 11 is 0. The average Bonchev–Trinajstić information content (AvgIpc) is 2.21. The predicted molar refractivity (Wildman–Crippen MR) is 64.7 cm³/mol. The first-order valence-corrected chi connectivity index (χ1v) is 6.16. The van der Waals surface area contributed by atoms with Gasteiger partial charge in [-0.05, 0) is 45.4 Å². The Balaban J connectivity index is 2.92. The van der Waals surface area contributed by atoms with Crippen LogP contribution in [-0.2, 0) is 0 Å². The summed E-state index contributed by atoms with van der Waals surface area (Å²) in [4.78, 5) is 0. The third kappa shape index (κ3) is 10.0. The maximum atomic E-state index is 3.51. The summed E-state index contributed by atoms with van der Waals surface area (Å²) in [6, 6.07) is 0. The number of nitrogens with one attached hydrogen (secondary N) is 2. The van der Waals surface area contributed by atoms with E-state index >= 15 is 0 Å². The third-order valence-corrected chi connectivity index (χ3v) is 2.72. The molecule has 0 saturated carbocycles. The van der Waals surface area contributed by atoms with Crippen molar-refractivity contribution in [2.24, 2.45) is 5.92 Å². The molecule has 86 valence electrons. The van der Waals surface area contributed by atoms with Gasteiger partial charge in [-0.1, -0.05) is 33.1 Å². The molecule has 14 heavy (non-hydrogen) atoms. The van der Waals surface area contributed by atoms with Crippen LogP contribution >= 0.6 is 0 Å². The van der Waals surface area contributed by atoms with Crippen LogP contribution in [0.4, 0.5) is 0 Å². The maximum Gasteiger partial charge on any atom is -0.00233 e. The first-order valence-electron chi connectivity index (χ1n) is 6.16. The van der Waals surface area contributed by atoms with E-state index in [0.717, 1.165) is 5.92 Å². The summed E-state index contributed by atoms with van der Waals surface area (Å²) in [7, 11) is 2.02. The van der Waals surface area contributed by atoms with Gasteiger partial charge in [0, 0.05) is 0 Å². The predicted octanol–water partition coefficient (Wildman–Crippen LogP) is 2.40. The number of rotatable bonds is 10. The second-order valence-corrected chi connectivity index (χ2v) is 4.24. The summed E-state index contributed by atoms with van der Waals surface area (Å²) in [5.74, 6) is 0.833. The lowest BCUT2D eigenvalue weighted by Gasteiger charge is -2.09. The summed E-state index contributed by atoms with van der Waals surface area (Å²) in [5.41, 5.74) is 0. The molecule has 0 aliphatic heterocycles. The van der Waals surface area contributed by atoms with Crippen molar-refractivity contribution in [2.75, 3.05) is 26.7 Å². The van der Waals surface area contributed by atoms with Gasteiger partial charge in [0.2, 0.25) is 0 Å². The van der Waals surface area contributed by atoms with Crippen LogP contribution in [0.25, 0.3) is 0 Å². The normalized spacial score (nSPS) is 13.1. The van der Waals surface area contributed by atoms with Crippen molar-refractivity contribution < 1.29 is 0 Å². The van der Waals surface area contributed by atoms with E-state index in [0.29, 0.717) is 0 Å². The first-order chi connectivity index (χ1) is 6.81. The largest absolute Gasteiger partial charge is 0.320 e. The van der Waals surface area contributed by atoms with Crippen molar-refractivity contribution in [1.29, 1.82) is 0 Å². The van der Waals surface area contributed by atoms with Gasteiger partial charge in [-0.3, -0.25) is 0 Å². The molecule has 1 atom stereocenters. The zero-order valence-corrected chi connectivity index (χ0v) is 10.2. The molecular formula is C12H28N2. The molecule has 0 amide bonds. The van der Waals surface area contributed by atoms with Gasteiger partial charge in [0.25, 0.3) is 0 Å². The van der Waals surface area contributed by atoms with Crippen molar-refractivity contribution in [2.45, 2.75) is 46.0 Å². The second-order valence-electron chi connectivity index (χ2n) is 4.24. The second kappa shape index (κ2) is 11.0. The lowest BCUT2D eigenvalue weighted by Crippen LogP contribution is -2.21. The van der Waals surface area contributed by atoms with Crippen LogP contribution in [-0.4, -0.2) is 26.7 Å².